The third-order valence-electron chi connectivity index (χ3n) is 6.48. The molecule has 2 N–H and O–H groups in total. The van der Waals surface area contributed by atoms with E-state index in [0.717, 1.165) is 30.0 Å². The van der Waals surface area contributed by atoms with Gasteiger partial charge in [0, 0.05) is 11.7 Å². The van der Waals surface area contributed by atoms with Gasteiger partial charge in [0.15, 0.2) is 0 Å². The molecule has 1 aliphatic rings. The molecule has 198 valence electrons. The van der Waals surface area contributed by atoms with Gasteiger partial charge in [-0.2, -0.15) is 4.31 Å². The van der Waals surface area contributed by atoms with Crippen molar-refractivity contribution in [2.45, 2.75) is 55.0 Å². The third-order valence-corrected chi connectivity index (χ3v) is 9.79. The van der Waals surface area contributed by atoms with Crippen molar-refractivity contribution >= 4 is 31.6 Å². The van der Waals surface area contributed by atoms with Crippen molar-refractivity contribution in [2.75, 3.05) is 11.9 Å². The lowest BCUT2D eigenvalue weighted by Crippen LogP contribution is -2.41. The Morgan fingerprint density at radius 2 is 1.59 bits per heavy atom. The van der Waals surface area contributed by atoms with Crippen LogP contribution in [0.25, 0.3) is 0 Å². The molecule has 2 aromatic carbocycles. The molecule has 0 spiro atoms. The number of sulfonamides is 2. The quantitative estimate of drug-likeness (QED) is 0.397. The number of para-hydroxylation sites is 1. The lowest BCUT2D eigenvalue weighted by atomic mass is 9.87. The maximum absolute atomic E-state index is 13.5. The summed E-state index contributed by atoms with van der Waals surface area (Å²) in [5, 5.41) is 2.68. The van der Waals surface area contributed by atoms with Crippen LogP contribution in [0.15, 0.2) is 87.2 Å². The second kappa shape index (κ2) is 11.6. The van der Waals surface area contributed by atoms with Gasteiger partial charge in [-0.3, -0.25) is 4.79 Å². The van der Waals surface area contributed by atoms with Crippen molar-refractivity contribution in [3.05, 3.63) is 78.8 Å². The van der Waals surface area contributed by atoms with Gasteiger partial charge in [-0.25, -0.2) is 21.6 Å². The fourth-order valence-electron chi connectivity index (χ4n) is 4.38. The van der Waals surface area contributed by atoms with E-state index in [1.807, 2.05) is 6.92 Å². The third kappa shape index (κ3) is 6.86. The Bertz CT molecular complexity index is 1390. The molecule has 11 heteroatoms. The van der Waals surface area contributed by atoms with Crippen LogP contribution in [0.3, 0.4) is 0 Å². The number of nitrogens with zero attached hydrogens (tertiary/aromatic N) is 1. The highest BCUT2D eigenvalue weighted by atomic mass is 32.2. The minimum atomic E-state index is -4.17. The van der Waals surface area contributed by atoms with E-state index in [-0.39, 0.29) is 28.3 Å². The molecule has 1 aliphatic carbocycles. The zero-order valence-corrected chi connectivity index (χ0v) is 22.2. The van der Waals surface area contributed by atoms with Crippen molar-refractivity contribution in [1.29, 1.82) is 0 Å². The van der Waals surface area contributed by atoms with E-state index in [4.69, 9.17) is 4.42 Å². The molecule has 1 aromatic heterocycles. The molecule has 1 saturated carbocycles. The molecule has 0 bridgehead atoms. The molecule has 1 heterocycles. The predicted molar refractivity (Wildman–Crippen MR) is 140 cm³/mol. The van der Waals surface area contributed by atoms with Gasteiger partial charge >= 0.3 is 0 Å². The Hall–Kier alpha value is -2.99. The normalized spacial score (nSPS) is 18.5. The number of hydrogen-bond donors (Lipinski definition) is 2. The fraction of sp³-hybridized carbons (Fsp3) is 0.346. The van der Waals surface area contributed by atoms with Gasteiger partial charge in [0.25, 0.3) is 0 Å². The van der Waals surface area contributed by atoms with E-state index in [2.05, 4.69) is 10.0 Å². The maximum Gasteiger partial charge on any atom is 0.243 e. The standard InChI is InChI=1S/C26H31N3O6S2/c1-20-8-5-6-12-25(20)28-36(31,32)23-13-15-24(16-14-23)37(33,34)29(18-22-11-7-17-35-22)19-26(30)27-21-9-3-2-4-10-21/h2-4,7,9-11,13-17,20,25,28H,5-6,8,12,18-19H2,1H3,(H,27,30)/t20-,25-/m0/s1. The summed E-state index contributed by atoms with van der Waals surface area (Å²) in [6, 6.07) is 16.9. The van der Waals surface area contributed by atoms with Crippen LogP contribution in [-0.2, 0) is 31.4 Å². The summed E-state index contributed by atoms with van der Waals surface area (Å²) >= 11 is 0. The second-order valence-electron chi connectivity index (χ2n) is 9.23. The summed E-state index contributed by atoms with van der Waals surface area (Å²) in [5.74, 6) is 0.0767. The van der Waals surface area contributed by atoms with Crippen LogP contribution in [0.2, 0.25) is 0 Å². The number of furan rings is 1. The fourth-order valence-corrected chi connectivity index (χ4v) is 7.12. The molecule has 1 amide bonds. The summed E-state index contributed by atoms with van der Waals surface area (Å²) in [5.41, 5.74) is 0.539. The smallest absolute Gasteiger partial charge is 0.243 e. The van der Waals surface area contributed by atoms with Gasteiger partial charge in [0.1, 0.15) is 5.76 Å². The topological polar surface area (TPSA) is 126 Å². The molecular formula is C26H31N3O6S2. The summed E-state index contributed by atoms with van der Waals surface area (Å²) < 4.78 is 62.0. The first kappa shape index (κ1) is 27.1. The number of rotatable bonds is 10. The maximum atomic E-state index is 13.5. The minimum absolute atomic E-state index is 0.0105. The van der Waals surface area contributed by atoms with Gasteiger partial charge in [-0.05, 0) is 67.3 Å². The number of benzene rings is 2. The molecule has 1 fully saturated rings. The Balaban J connectivity index is 1.53. The van der Waals surface area contributed by atoms with E-state index in [1.165, 1.54) is 30.5 Å². The zero-order valence-electron chi connectivity index (χ0n) is 20.5. The van der Waals surface area contributed by atoms with Crippen LogP contribution in [0.5, 0.6) is 0 Å². The van der Waals surface area contributed by atoms with Gasteiger partial charge < -0.3 is 9.73 Å². The van der Waals surface area contributed by atoms with Crippen LogP contribution < -0.4 is 10.0 Å². The van der Waals surface area contributed by atoms with E-state index < -0.39 is 32.5 Å². The van der Waals surface area contributed by atoms with Crippen LogP contribution in [0.4, 0.5) is 5.69 Å². The van der Waals surface area contributed by atoms with E-state index in [9.17, 15) is 21.6 Å². The van der Waals surface area contributed by atoms with Crippen molar-refractivity contribution in [2.24, 2.45) is 5.92 Å². The van der Waals surface area contributed by atoms with Gasteiger partial charge in [-0.15, -0.1) is 0 Å². The number of anilines is 1. The first-order valence-corrected chi connectivity index (χ1v) is 15.1. The van der Waals surface area contributed by atoms with Crippen LogP contribution in [0.1, 0.15) is 38.4 Å². The van der Waals surface area contributed by atoms with Crippen molar-refractivity contribution in [1.82, 2.24) is 9.03 Å². The van der Waals surface area contributed by atoms with Crippen LogP contribution in [0, 0.1) is 5.92 Å². The molecule has 0 aliphatic heterocycles. The van der Waals surface area contributed by atoms with E-state index >= 15 is 0 Å². The summed E-state index contributed by atoms with van der Waals surface area (Å²) in [7, 11) is -7.97. The van der Waals surface area contributed by atoms with E-state index in [0.29, 0.717) is 11.4 Å². The largest absolute Gasteiger partial charge is 0.468 e. The average molecular weight is 546 g/mol. The number of hydrogen-bond acceptors (Lipinski definition) is 6. The first-order chi connectivity index (χ1) is 17.6. The molecular weight excluding hydrogens is 514 g/mol. The minimum Gasteiger partial charge on any atom is -0.468 e. The number of carbonyl (C=O) groups excluding carboxylic acids is 1. The van der Waals surface area contributed by atoms with Crippen molar-refractivity contribution in [3.63, 3.8) is 0 Å². The summed E-state index contributed by atoms with van der Waals surface area (Å²) in [4.78, 5) is 12.6. The number of nitrogens with one attached hydrogen (secondary N) is 2. The highest BCUT2D eigenvalue weighted by Gasteiger charge is 2.30. The lowest BCUT2D eigenvalue weighted by Gasteiger charge is -2.29. The van der Waals surface area contributed by atoms with E-state index in [1.54, 1.807) is 42.5 Å². The first-order valence-electron chi connectivity index (χ1n) is 12.1. The van der Waals surface area contributed by atoms with Crippen molar-refractivity contribution in [3.8, 4) is 0 Å². The molecule has 2 atom stereocenters. The molecule has 9 nitrogen and oxygen atoms in total. The molecule has 4 rings (SSSR count). The van der Waals surface area contributed by atoms with Gasteiger partial charge in [0.2, 0.25) is 26.0 Å². The average Bonchev–Trinajstić information content (AvgIpc) is 3.39. The molecule has 0 radical (unpaired) electrons. The van der Waals surface area contributed by atoms with Crippen molar-refractivity contribution < 1.29 is 26.0 Å². The van der Waals surface area contributed by atoms with Gasteiger partial charge in [0.05, 0.1) is 29.1 Å². The highest BCUT2D eigenvalue weighted by Crippen LogP contribution is 2.26. The zero-order chi connectivity index (χ0) is 26.5. The Labute approximate surface area is 218 Å². The second-order valence-corrected chi connectivity index (χ2v) is 12.9. The summed E-state index contributed by atoms with van der Waals surface area (Å²) in [6.45, 7) is 1.40. The SMILES string of the molecule is C[C@H]1CCCC[C@@H]1NS(=O)(=O)c1ccc(S(=O)(=O)N(CC(=O)Nc2ccccc2)Cc2ccco2)cc1. The number of carbonyl (C=O) groups is 1. The Morgan fingerprint density at radius 3 is 2.24 bits per heavy atom. The van der Waals surface area contributed by atoms with Gasteiger partial charge in [-0.1, -0.05) is 38.0 Å². The molecule has 3 aromatic rings. The van der Waals surface area contributed by atoms with Crippen LogP contribution in [-0.4, -0.2) is 39.6 Å². The monoisotopic (exact) mass is 545 g/mol. The Kier molecular flexibility index (Phi) is 8.48. The summed E-state index contributed by atoms with van der Waals surface area (Å²) in [6.07, 6.45) is 5.22. The highest BCUT2D eigenvalue weighted by molar-refractivity contribution is 7.89. The molecule has 0 saturated heterocycles. The molecule has 37 heavy (non-hydrogen) atoms. The Morgan fingerprint density at radius 1 is 0.919 bits per heavy atom. The predicted octanol–water partition coefficient (Wildman–Crippen LogP) is 3.97. The lowest BCUT2D eigenvalue weighted by molar-refractivity contribution is -0.116. The van der Waals surface area contributed by atoms with Crippen LogP contribution >= 0.6 is 0 Å². The number of amides is 1. The molecule has 0 unspecified atom stereocenters.